The van der Waals surface area contributed by atoms with Crippen LogP contribution < -0.4 is 10.6 Å². The van der Waals surface area contributed by atoms with Gasteiger partial charge in [0.15, 0.2) is 0 Å². The Morgan fingerprint density at radius 1 is 1.33 bits per heavy atom. The maximum atomic E-state index is 12.3. The fourth-order valence-electron chi connectivity index (χ4n) is 2.77. The minimum absolute atomic E-state index is 0.0187. The van der Waals surface area contributed by atoms with E-state index in [4.69, 9.17) is 0 Å². The first kappa shape index (κ1) is 16.4. The molecule has 2 aromatic rings. The van der Waals surface area contributed by atoms with Crippen molar-refractivity contribution in [2.45, 2.75) is 32.2 Å². The maximum absolute atomic E-state index is 12.3. The molecule has 1 aliphatic rings. The minimum atomic E-state index is -0.217. The molecular formula is C18H23N5O. The molecule has 0 spiro atoms. The van der Waals surface area contributed by atoms with Gasteiger partial charge in [-0.1, -0.05) is 12.2 Å². The summed E-state index contributed by atoms with van der Waals surface area (Å²) in [5.74, 6) is 0.613. The number of carbonyl (C=O) groups is 1. The largest absolute Gasteiger partial charge is 0.325 e. The van der Waals surface area contributed by atoms with E-state index in [-0.39, 0.29) is 11.9 Å². The number of rotatable bonds is 6. The Morgan fingerprint density at radius 2 is 2.17 bits per heavy atom. The number of nitrogens with one attached hydrogen (secondary N) is 2. The summed E-state index contributed by atoms with van der Waals surface area (Å²) in [5.41, 5.74) is 1.68. The van der Waals surface area contributed by atoms with Crippen LogP contribution in [0, 0.1) is 5.92 Å². The standard InChI is InChI=1S/C18H23N5O/c1-14(20-11-15-5-3-2-4-6-15)18(24)22-16-7-9-17(10-8-16)23-13-19-12-21-23/h2-3,7-10,12-15,20H,4-6,11H2,1H3,(H,22,24). The van der Waals surface area contributed by atoms with E-state index in [1.54, 1.807) is 11.0 Å². The summed E-state index contributed by atoms with van der Waals surface area (Å²) in [7, 11) is 0. The quantitative estimate of drug-likeness (QED) is 0.801. The highest BCUT2D eigenvalue weighted by atomic mass is 16.2. The zero-order valence-corrected chi connectivity index (χ0v) is 13.9. The van der Waals surface area contributed by atoms with E-state index in [2.05, 4.69) is 32.9 Å². The van der Waals surface area contributed by atoms with Gasteiger partial charge in [-0.05, 0) is 62.9 Å². The highest BCUT2D eigenvalue weighted by Crippen LogP contribution is 2.17. The number of hydrogen-bond acceptors (Lipinski definition) is 4. The smallest absolute Gasteiger partial charge is 0.241 e. The van der Waals surface area contributed by atoms with Gasteiger partial charge in [-0.2, -0.15) is 5.10 Å². The number of allylic oxidation sites excluding steroid dienone is 2. The monoisotopic (exact) mass is 325 g/mol. The molecule has 2 N–H and O–H groups in total. The van der Waals surface area contributed by atoms with Gasteiger partial charge < -0.3 is 10.6 Å². The average Bonchev–Trinajstić information content (AvgIpc) is 3.16. The summed E-state index contributed by atoms with van der Waals surface area (Å²) in [6.45, 7) is 2.78. The van der Waals surface area contributed by atoms with E-state index in [0.29, 0.717) is 5.92 Å². The van der Waals surface area contributed by atoms with Crippen LogP contribution >= 0.6 is 0 Å². The number of hydrogen-bond donors (Lipinski definition) is 2. The van der Waals surface area contributed by atoms with Crippen molar-refractivity contribution in [1.29, 1.82) is 0 Å². The highest BCUT2D eigenvalue weighted by molar-refractivity contribution is 5.94. The van der Waals surface area contributed by atoms with Gasteiger partial charge in [0.1, 0.15) is 12.7 Å². The molecule has 2 atom stereocenters. The third-order valence-electron chi connectivity index (χ3n) is 4.30. The van der Waals surface area contributed by atoms with E-state index in [9.17, 15) is 4.79 Å². The third-order valence-corrected chi connectivity index (χ3v) is 4.30. The molecule has 1 amide bonds. The number of aromatic nitrogens is 3. The summed E-state index contributed by atoms with van der Waals surface area (Å²) in [5, 5.41) is 10.4. The second kappa shape index (κ2) is 7.88. The molecule has 0 aliphatic heterocycles. The van der Waals surface area contributed by atoms with Gasteiger partial charge in [0.25, 0.3) is 0 Å². The van der Waals surface area contributed by atoms with Crippen molar-refractivity contribution in [2.75, 3.05) is 11.9 Å². The molecule has 126 valence electrons. The van der Waals surface area contributed by atoms with Crippen LogP contribution in [-0.4, -0.2) is 33.3 Å². The summed E-state index contributed by atoms with van der Waals surface area (Å²) < 4.78 is 1.68. The molecule has 2 unspecified atom stereocenters. The van der Waals surface area contributed by atoms with E-state index in [1.165, 1.54) is 12.7 Å². The summed E-state index contributed by atoms with van der Waals surface area (Å²) in [4.78, 5) is 16.2. The van der Waals surface area contributed by atoms with Crippen LogP contribution in [0.3, 0.4) is 0 Å². The lowest BCUT2D eigenvalue weighted by Gasteiger charge is -2.21. The zero-order valence-electron chi connectivity index (χ0n) is 13.9. The van der Waals surface area contributed by atoms with Gasteiger partial charge in [-0.15, -0.1) is 0 Å². The van der Waals surface area contributed by atoms with Gasteiger partial charge >= 0.3 is 0 Å². The summed E-state index contributed by atoms with van der Waals surface area (Å²) in [6, 6.07) is 7.32. The lowest BCUT2D eigenvalue weighted by Crippen LogP contribution is -2.40. The predicted octanol–water partition coefficient (Wildman–Crippen LogP) is 2.54. The van der Waals surface area contributed by atoms with Gasteiger partial charge in [0.2, 0.25) is 5.91 Å². The Hall–Kier alpha value is -2.47. The summed E-state index contributed by atoms with van der Waals surface area (Å²) >= 11 is 0. The zero-order chi connectivity index (χ0) is 16.8. The van der Waals surface area contributed by atoms with Crippen molar-refractivity contribution in [3.05, 3.63) is 49.1 Å². The van der Waals surface area contributed by atoms with Crippen molar-refractivity contribution in [3.63, 3.8) is 0 Å². The first-order valence-corrected chi connectivity index (χ1v) is 8.36. The first-order valence-electron chi connectivity index (χ1n) is 8.36. The van der Waals surface area contributed by atoms with Gasteiger partial charge in [0.05, 0.1) is 11.7 Å². The van der Waals surface area contributed by atoms with Crippen molar-refractivity contribution < 1.29 is 4.79 Å². The fourth-order valence-corrected chi connectivity index (χ4v) is 2.77. The predicted molar refractivity (Wildman–Crippen MR) is 93.9 cm³/mol. The van der Waals surface area contributed by atoms with Crippen LogP contribution in [0.15, 0.2) is 49.1 Å². The molecule has 1 heterocycles. The number of benzene rings is 1. The van der Waals surface area contributed by atoms with Gasteiger partial charge in [-0.3, -0.25) is 4.79 Å². The Morgan fingerprint density at radius 3 is 2.83 bits per heavy atom. The van der Waals surface area contributed by atoms with E-state index < -0.39 is 0 Å². The third kappa shape index (κ3) is 4.29. The molecule has 3 rings (SSSR count). The Labute approximate surface area is 142 Å². The molecule has 0 saturated heterocycles. The second-order valence-electron chi connectivity index (χ2n) is 6.16. The molecule has 0 radical (unpaired) electrons. The van der Waals surface area contributed by atoms with Crippen LogP contribution in [0.25, 0.3) is 5.69 Å². The van der Waals surface area contributed by atoms with Crippen LogP contribution in [0.1, 0.15) is 26.2 Å². The lowest BCUT2D eigenvalue weighted by atomic mass is 9.94. The van der Waals surface area contributed by atoms with Crippen molar-refractivity contribution in [2.24, 2.45) is 5.92 Å². The molecule has 6 nitrogen and oxygen atoms in total. The molecule has 1 aliphatic carbocycles. The van der Waals surface area contributed by atoms with Crippen molar-refractivity contribution in [1.82, 2.24) is 20.1 Å². The topological polar surface area (TPSA) is 71.8 Å². The molecule has 1 aromatic heterocycles. The Balaban J connectivity index is 1.49. The Bertz CT molecular complexity index is 678. The number of amides is 1. The number of anilines is 1. The molecular weight excluding hydrogens is 302 g/mol. The van der Waals surface area contributed by atoms with Crippen LogP contribution in [-0.2, 0) is 4.79 Å². The number of carbonyl (C=O) groups excluding carboxylic acids is 1. The van der Waals surface area contributed by atoms with E-state index in [1.807, 2.05) is 31.2 Å². The average molecular weight is 325 g/mol. The fraction of sp³-hybridized carbons (Fsp3) is 0.389. The van der Waals surface area contributed by atoms with Crippen LogP contribution in [0.4, 0.5) is 5.69 Å². The van der Waals surface area contributed by atoms with Crippen LogP contribution in [0.2, 0.25) is 0 Å². The SMILES string of the molecule is CC(NCC1CC=CCC1)C(=O)Nc1ccc(-n2cncn2)cc1. The highest BCUT2D eigenvalue weighted by Gasteiger charge is 2.16. The maximum Gasteiger partial charge on any atom is 0.241 e. The molecule has 6 heteroatoms. The number of nitrogens with zero attached hydrogens (tertiary/aromatic N) is 3. The molecule has 0 fully saturated rings. The summed E-state index contributed by atoms with van der Waals surface area (Å²) in [6.07, 6.45) is 11.0. The minimum Gasteiger partial charge on any atom is -0.325 e. The molecule has 1 aromatic carbocycles. The van der Waals surface area contributed by atoms with Crippen LogP contribution in [0.5, 0.6) is 0 Å². The van der Waals surface area contributed by atoms with Gasteiger partial charge in [0, 0.05) is 5.69 Å². The Kier molecular flexibility index (Phi) is 5.38. The van der Waals surface area contributed by atoms with E-state index in [0.717, 1.165) is 30.8 Å². The molecule has 0 saturated carbocycles. The van der Waals surface area contributed by atoms with Gasteiger partial charge in [-0.25, -0.2) is 9.67 Å². The van der Waals surface area contributed by atoms with Crippen molar-refractivity contribution >= 4 is 11.6 Å². The molecule has 0 bridgehead atoms. The van der Waals surface area contributed by atoms with Crippen molar-refractivity contribution in [3.8, 4) is 5.69 Å². The lowest BCUT2D eigenvalue weighted by molar-refractivity contribution is -0.117. The normalized spacial score (nSPS) is 18.3. The molecule has 24 heavy (non-hydrogen) atoms. The second-order valence-corrected chi connectivity index (χ2v) is 6.16. The first-order chi connectivity index (χ1) is 11.7. The van der Waals surface area contributed by atoms with E-state index >= 15 is 0 Å².